The van der Waals surface area contributed by atoms with E-state index in [4.69, 9.17) is 33.2 Å². The quantitative estimate of drug-likeness (QED) is 0.587. The highest BCUT2D eigenvalue weighted by Crippen LogP contribution is 2.35. The molecular formula is C21H19Cl2N3. The van der Waals surface area contributed by atoms with Gasteiger partial charge in [-0.1, -0.05) is 47.5 Å². The van der Waals surface area contributed by atoms with Crippen LogP contribution in [-0.2, 0) is 6.42 Å². The minimum Gasteiger partial charge on any atom is -0.362 e. The summed E-state index contributed by atoms with van der Waals surface area (Å²) in [5, 5.41) is 4.77. The Morgan fingerprint density at radius 2 is 1.81 bits per heavy atom. The second-order valence-electron chi connectivity index (χ2n) is 6.65. The lowest BCUT2D eigenvalue weighted by Gasteiger charge is -2.18. The van der Waals surface area contributed by atoms with Crippen LogP contribution in [0.5, 0.6) is 0 Å². The standard InChI is InChI=1S/C21H19Cl2N3/c1-12-20(17-9-8-15(22)11-18(17)23)24-13(2)21(25-12)26-19-10-7-14-5-3-4-6-16(14)19/h3-6,8-9,11,19H,7,10H2,1-2H3,(H,25,26). The third kappa shape index (κ3) is 3.17. The van der Waals surface area contributed by atoms with Crippen LogP contribution in [0.15, 0.2) is 42.5 Å². The molecule has 0 fully saturated rings. The molecule has 1 heterocycles. The van der Waals surface area contributed by atoms with E-state index >= 15 is 0 Å². The lowest BCUT2D eigenvalue weighted by atomic mass is 10.1. The predicted molar refractivity (Wildman–Crippen MR) is 108 cm³/mol. The van der Waals surface area contributed by atoms with E-state index in [1.165, 1.54) is 11.1 Å². The van der Waals surface area contributed by atoms with E-state index in [9.17, 15) is 0 Å². The molecule has 0 saturated carbocycles. The van der Waals surface area contributed by atoms with Gasteiger partial charge in [-0.05, 0) is 56.0 Å². The van der Waals surface area contributed by atoms with Crippen LogP contribution < -0.4 is 5.32 Å². The van der Waals surface area contributed by atoms with Gasteiger partial charge in [0.05, 0.1) is 28.1 Å². The zero-order chi connectivity index (χ0) is 18.3. The number of rotatable bonds is 3. The Morgan fingerprint density at radius 3 is 2.62 bits per heavy atom. The number of hydrogen-bond acceptors (Lipinski definition) is 3. The Morgan fingerprint density at radius 1 is 1.00 bits per heavy atom. The van der Waals surface area contributed by atoms with E-state index in [-0.39, 0.29) is 6.04 Å². The van der Waals surface area contributed by atoms with Crippen molar-refractivity contribution >= 4 is 29.0 Å². The molecule has 0 amide bonds. The van der Waals surface area contributed by atoms with E-state index in [1.54, 1.807) is 6.07 Å². The summed E-state index contributed by atoms with van der Waals surface area (Å²) in [6.07, 6.45) is 2.17. The predicted octanol–water partition coefficient (Wildman–Crippen LogP) is 6.17. The van der Waals surface area contributed by atoms with Gasteiger partial charge >= 0.3 is 0 Å². The van der Waals surface area contributed by atoms with Gasteiger partial charge in [0, 0.05) is 10.6 Å². The topological polar surface area (TPSA) is 37.8 Å². The van der Waals surface area contributed by atoms with Crippen LogP contribution >= 0.6 is 23.2 Å². The summed E-state index contributed by atoms with van der Waals surface area (Å²) in [5.41, 5.74) is 6.12. The number of halogens is 2. The molecule has 1 atom stereocenters. The fourth-order valence-corrected chi connectivity index (χ4v) is 4.05. The Hall–Kier alpha value is -2.10. The summed E-state index contributed by atoms with van der Waals surface area (Å²) in [6, 6.07) is 14.3. The maximum atomic E-state index is 6.35. The molecule has 3 aromatic rings. The second kappa shape index (κ2) is 6.90. The average molecular weight is 384 g/mol. The number of hydrogen-bond donors (Lipinski definition) is 1. The lowest BCUT2D eigenvalue weighted by Crippen LogP contribution is -2.11. The molecule has 1 N–H and O–H groups in total. The minimum absolute atomic E-state index is 0.281. The van der Waals surface area contributed by atoms with Crippen LogP contribution in [0.25, 0.3) is 11.3 Å². The molecule has 4 rings (SSSR count). The van der Waals surface area contributed by atoms with Gasteiger partial charge in [0.2, 0.25) is 0 Å². The average Bonchev–Trinajstić information content (AvgIpc) is 3.01. The van der Waals surface area contributed by atoms with Crippen molar-refractivity contribution in [3.05, 3.63) is 75.0 Å². The molecule has 2 aromatic carbocycles. The third-order valence-corrected chi connectivity index (χ3v) is 5.42. The highest BCUT2D eigenvalue weighted by atomic mass is 35.5. The molecule has 0 aliphatic heterocycles. The van der Waals surface area contributed by atoms with Crippen molar-refractivity contribution in [2.75, 3.05) is 5.32 Å². The van der Waals surface area contributed by atoms with Crippen molar-refractivity contribution in [2.45, 2.75) is 32.7 Å². The SMILES string of the molecule is Cc1nc(-c2ccc(Cl)cc2Cl)c(C)nc1NC1CCc2ccccc21. The second-order valence-corrected chi connectivity index (χ2v) is 7.49. The van der Waals surface area contributed by atoms with Crippen LogP contribution in [0, 0.1) is 13.8 Å². The maximum Gasteiger partial charge on any atom is 0.148 e. The first-order chi connectivity index (χ1) is 12.5. The van der Waals surface area contributed by atoms with Crippen molar-refractivity contribution in [3.63, 3.8) is 0 Å². The van der Waals surface area contributed by atoms with Gasteiger partial charge in [0.25, 0.3) is 0 Å². The fourth-order valence-electron chi connectivity index (χ4n) is 3.55. The van der Waals surface area contributed by atoms with Crippen LogP contribution in [0.4, 0.5) is 5.82 Å². The molecule has 1 aliphatic carbocycles. The monoisotopic (exact) mass is 383 g/mol. The molecule has 0 bridgehead atoms. The van der Waals surface area contributed by atoms with Gasteiger partial charge in [-0.2, -0.15) is 0 Å². The van der Waals surface area contributed by atoms with Gasteiger partial charge in [0.15, 0.2) is 0 Å². The maximum absolute atomic E-state index is 6.35. The molecule has 0 spiro atoms. The van der Waals surface area contributed by atoms with Gasteiger partial charge in [-0.15, -0.1) is 0 Å². The summed E-state index contributed by atoms with van der Waals surface area (Å²) in [6.45, 7) is 3.93. The summed E-state index contributed by atoms with van der Waals surface area (Å²) in [7, 11) is 0. The fraction of sp³-hybridized carbons (Fsp3) is 0.238. The summed E-state index contributed by atoms with van der Waals surface area (Å²) in [5.74, 6) is 0.832. The van der Waals surface area contributed by atoms with Gasteiger partial charge < -0.3 is 5.32 Å². The molecule has 1 aromatic heterocycles. The normalized spacial score (nSPS) is 15.8. The van der Waals surface area contributed by atoms with Crippen LogP contribution in [0.2, 0.25) is 10.0 Å². The number of aryl methyl sites for hydroxylation is 3. The number of benzene rings is 2. The smallest absolute Gasteiger partial charge is 0.148 e. The van der Waals surface area contributed by atoms with Crippen molar-refractivity contribution < 1.29 is 0 Å². The van der Waals surface area contributed by atoms with Crippen molar-refractivity contribution in [2.24, 2.45) is 0 Å². The molecule has 26 heavy (non-hydrogen) atoms. The van der Waals surface area contributed by atoms with Gasteiger partial charge in [-0.25, -0.2) is 9.97 Å². The number of nitrogens with one attached hydrogen (secondary N) is 1. The van der Waals surface area contributed by atoms with E-state index < -0.39 is 0 Å². The molecule has 3 nitrogen and oxygen atoms in total. The molecule has 0 saturated heterocycles. The van der Waals surface area contributed by atoms with Gasteiger partial charge in [-0.3, -0.25) is 0 Å². The first kappa shape index (κ1) is 17.3. The molecule has 1 unspecified atom stereocenters. The van der Waals surface area contributed by atoms with Crippen LogP contribution in [0.3, 0.4) is 0 Å². The van der Waals surface area contributed by atoms with Gasteiger partial charge in [0.1, 0.15) is 5.82 Å². The van der Waals surface area contributed by atoms with E-state index in [1.807, 2.05) is 26.0 Å². The number of anilines is 1. The van der Waals surface area contributed by atoms with Crippen molar-refractivity contribution in [3.8, 4) is 11.3 Å². The largest absolute Gasteiger partial charge is 0.362 e. The highest BCUT2D eigenvalue weighted by Gasteiger charge is 2.23. The Bertz CT molecular complexity index is 985. The van der Waals surface area contributed by atoms with Crippen LogP contribution in [-0.4, -0.2) is 9.97 Å². The summed E-state index contributed by atoms with van der Waals surface area (Å²) >= 11 is 12.4. The van der Waals surface area contributed by atoms with Crippen molar-refractivity contribution in [1.82, 2.24) is 9.97 Å². The summed E-state index contributed by atoms with van der Waals surface area (Å²) < 4.78 is 0. The Labute approximate surface area is 163 Å². The van der Waals surface area contributed by atoms with E-state index in [0.29, 0.717) is 10.0 Å². The molecular weight excluding hydrogens is 365 g/mol. The molecule has 1 aliphatic rings. The highest BCUT2D eigenvalue weighted by molar-refractivity contribution is 6.36. The van der Waals surface area contributed by atoms with Crippen molar-refractivity contribution in [1.29, 1.82) is 0 Å². The lowest BCUT2D eigenvalue weighted by molar-refractivity contribution is 0.753. The van der Waals surface area contributed by atoms with E-state index in [0.717, 1.165) is 41.3 Å². The molecule has 132 valence electrons. The Balaban J connectivity index is 1.67. The zero-order valence-corrected chi connectivity index (χ0v) is 16.2. The first-order valence-corrected chi connectivity index (χ1v) is 9.43. The Kier molecular flexibility index (Phi) is 4.60. The van der Waals surface area contributed by atoms with Crippen LogP contribution in [0.1, 0.15) is 35.0 Å². The van der Waals surface area contributed by atoms with E-state index in [2.05, 4.69) is 29.6 Å². The first-order valence-electron chi connectivity index (χ1n) is 8.68. The number of nitrogens with zero attached hydrogens (tertiary/aromatic N) is 2. The number of fused-ring (bicyclic) bond motifs is 1. The number of aromatic nitrogens is 2. The summed E-state index contributed by atoms with van der Waals surface area (Å²) in [4.78, 5) is 9.56. The molecule has 5 heteroatoms. The minimum atomic E-state index is 0.281. The molecule has 0 radical (unpaired) electrons. The third-order valence-electron chi connectivity index (χ3n) is 4.87. The zero-order valence-electron chi connectivity index (χ0n) is 14.7.